The molecule has 1 aliphatic carbocycles. The van der Waals surface area contributed by atoms with Crippen molar-refractivity contribution in [1.29, 1.82) is 0 Å². The average Bonchev–Trinajstić information content (AvgIpc) is 2.48. The molecule has 14 heavy (non-hydrogen) atoms. The molecule has 0 spiro atoms. The Morgan fingerprint density at radius 1 is 1.43 bits per heavy atom. The van der Waals surface area contributed by atoms with E-state index in [0.717, 1.165) is 32.2 Å². The van der Waals surface area contributed by atoms with Crippen LogP contribution < -0.4 is 10.6 Å². The van der Waals surface area contributed by atoms with Crippen LogP contribution in [0.5, 0.6) is 0 Å². The summed E-state index contributed by atoms with van der Waals surface area (Å²) >= 11 is 0. The molecule has 2 unspecified atom stereocenters. The first kappa shape index (κ1) is 9.93. The molecule has 2 aliphatic rings. The predicted octanol–water partition coefficient (Wildman–Crippen LogP) is -0.375. The van der Waals surface area contributed by atoms with Crippen LogP contribution in [0.3, 0.4) is 0 Å². The zero-order chi connectivity index (χ0) is 9.97. The molecular formula is C10H18N2O2. The number of carbonyl (C=O) groups is 1. The Hall–Kier alpha value is -0.610. The Balaban J connectivity index is 1.80. The van der Waals surface area contributed by atoms with Gasteiger partial charge in [0.25, 0.3) is 0 Å². The molecule has 0 radical (unpaired) electrons. The number of aliphatic hydroxyl groups excluding tert-OH is 1. The van der Waals surface area contributed by atoms with E-state index in [-0.39, 0.29) is 30.5 Å². The molecule has 2 fully saturated rings. The highest BCUT2D eigenvalue weighted by Gasteiger charge is 2.31. The topological polar surface area (TPSA) is 61.4 Å². The van der Waals surface area contributed by atoms with Crippen molar-refractivity contribution in [1.82, 2.24) is 10.6 Å². The lowest BCUT2D eigenvalue weighted by atomic mass is 10.0. The van der Waals surface area contributed by atoms with Gasteiger partial charge in [0.15, 0.2) is 0 Å². The van der Waals surface area contributed by atoms with Crippen LogP contribution in [0.25, 0.3) is 0 Å². The lowest BCUT2D eigenvalue weighted by Crippen LogP contribution is -2.55. The largest absolute Gasteiger partial charge is 0.396 e. The van der Waals surface area contributed by atoms with Gasteiger partial charge in [-0.1, -0.05) is 6.42 Å². The fourth-order valence-corrected chi connectivity index (χ4v) is 2.24. The van der Waals surface area contributed by atoms with E-state index in [1.165, 1.54) is 0 Å². The van der Waals surface area contributed by atoms with Crippen LogP contribution in [0.1, 0.15) is 25.7 Å². The van der Waals surface area contributed by atoms with E-state index < -0.39 is 0 Å². The van der Waals surface area contributed by atoms with Crippen molar-refractivity contribution in [3.8, 4) is 0 Å². The summed E-state index contributed by atoms with van der Waals surface area (Å²) in [5.74, 6) is 0.389. The maximum absolute atomic E-state index is 11.6. The molecule has 1 saturated heterocycles. The second-order valence-electron chi connectivity index (χ2n) is 4.28. The Kier molecular flexibility index (Phi) is 3.03. The summed E-state index contributed by atoms with van der Waals surface area (Å²) < 4.78 is 0. The molecule has 0 aromatic rings. The molecule has 2 rings (SSSR count). The zero-order valence-electron chi connectivity index (χ0n) is 8.33. The third-order valence-electron chi connectivity index (χ3n) is 3.36. The van der Waals surface area contributed by atoms with E-state index in [9.17, 15) is 4.79 Å². The SMILES string of the molecule is O=C(NC1CCCC1CO)[C@H]1CCN1. The van der Waals surface area contributed by atoms with Gasteiger partial charge in [-0.2, -0.15) is 0 Å². The lowest BCUT2D eigenvalue weighted by molar-refractivity contribution is -0.125. The highest BCUT2D eigenvalue weighted by molar-refractivity contribution is 5.82. The molecule has 1 heterocycles. The van der Waals surface area contributed by atoms with Crippen molar-refractivity contribution in [3.05, 3.63) is 0 Å². The minimum atomic E-state index is 0.0231. The fourth-order valence-electron chi connectivity index (χ4n) is 2.24. The summed E-state index contributed by atoms with van der Waals surface area (Å²) in [4.78, 5) is 11.6. The molecule has 4 nitrogen and oxygen atoms in total. The Labute approximate surface area is 84.1 Å². The van der Waals surface area contributed by atoms with E-state index in [1.54, 1.807) is 0 Å². The molecule has 0 bridgehead atoms. The highest BCUT2D eigenvalue weighted by atomic mass is 16.3. The van der Waals surface area contributed by atoms with Gasteiger partial charge in [-0.3, -0.25) is 4.79 Å². The summed E-state index contributed by atoms with van der Waals surface area (Å²) in [5, 5.41) is 15.2. The van der Waals surface area contributed by atoms with Crippen LogP contribution in [0.4, 0.5) is 0 Å². The molecule has 1 amide bonds. The van der Waals surface area contributed by atoms with Crippen molar-refractivity contribution in [3.63, 3.8) is 0 Å². The van der Waals surface area contributed by atoms with Gasteiger partial charge in [-0.25, -0.2) is 0 Å². The monoisotopic (exact) mass is 198 g/mol. The maximum Gasteiger partial charge on any atom is 0.237 e. The molecule has 4 heteroatoms. The van der Waals surface area contributed by atoms with Gasteiger partial charge >= 0.3 is 0 Å². The van der Waals surface area contributed by atoms with Gasteiger partial charge in [0, 0.05) is 18.6 Å². The van der Waals surface area contributed by atoms with E-state index in [1.807, 2.05) is 0 Å². The third kappa shape index (κ3) is 1.91. The lowest BCUT2D eigenvalue weighted by Gasteiger charge is -2.29. The second-order valence-corrected chi connectivity index (χ2v) is 4.28. The van der Waals surface area contributed by atoms with E-state index in [2.05, 4.69) is 10.6 Å². The van der Waals surface area contributed by atoms with Crippen molar-refractivity contribution in [2.45, 2.75) is 37.8 Å². The maximum atomic E-state index is 11.6. The van der Waals surface area contributed by atoms with Gasteiger partial charge in [0.2, 0.25) is 5.91 Å². The number of carbonyl (C=O) groups excluding carboxylic acids is 1. The van der Waals surface area contributed by atoms with Crippen LogP contribution in [-0.2, 0) is 4.79 Å². The summed E-state index contributed by atoms with van der Waals surface area (Å²) in [7, 11) is 0. The van der Waals surface area contributed by atoms with Crippen molar-refractivity contribution < 1.29 is 9.90 Å². The molecule has 1 aliphatic heterocycles. The van der Waals surface area contributed by atoms with Crippen molar-refractivity contribution >= 4 is 5.91 Å². The first-order valence-electron chi connectivity index (χ1n) is 5.46. The minimum Gasteiger partial charge on any atom is -0.396 e. The molecule has 0 aromatic carbocycles. The van der Waals surface area contributed by atoms with Gasteiger partial charge in [0.05, 0.1) is 6.04 Å². The molecule has 3 N–H and O–H groups in total. The van der Waals surface area contributed by atoms with Crippen LogP contribution in [0.2, 0.25) is 0 Å². The first-order chi connectivity index (χ1) is 6.81. The van der Waals surface area contributed by atoms with E-state index in [0.29, 0.717) is 0 Å². The van der Waals surface area contributed by atoms with Gasteiger partial charge in [0.1, 0.15) is 0 Å². The fraction of sp³-hybridized carbons (Fsp3) is 0.900. The van der Waals surface area contributed by atoms with Crippen LogP contribution in [0.15, 0.2) is 0 Å². The Morgan fingerprint density at radius 3 is 2.79 bits per heavy atom. The van der Waals surface area contributed by atoms with Crippen LogP contribution >= 0.6 is 0 Å². The Bertz CT molecular complexity index is 216. The number of rotatable bonds is 3. The summed E-state index contributed by atoms with van der Waals surface area (Å²) in [6, 6.07) is 0.227. The number of hydrogen-bond donors (Lipinski definition) is 3. The average molecular weight is 198 g/mol. The predicted molar refractivity (Wildman–Crippen MR) is 52.8 cm³/mol. The summed E-state index contributed by atoms with van der Waals surface area (Å²) in [6.45, 7) is 1.15. The van der Waals surface area contributed by atoms with E-state index in [4.69, 9.17) is 5.11 Å². The minimum absolute atomic E-state index is 0.0231. The molecule has 3 atom stereocenters. The van der Waals surface area contributed by atoms with Crippen LogP contribution in [0, 0.1) is 5.92 Å². The van der Waals surface area contributed by atoms with Crippen LogP contribution in [-0.4, -0.2) is 36.2 Å². The third-order valence-corrected chi connectivity index (χ3v) is 3.36. The van der Waals surface area contributed by atoms with Crippen molar-refractivity contribution in [2.75, 3.05) is 13.2 Å². The second kappa shape index (κ2) is 4.28. The van der Waals surface area contributed by atoms with Gasteiger partial charge in [-0.05, 0) is 25.8 Å². The van der Waals surface area contributed by atoms with Gasteiger partial charge < -0.3 is 15.7 Å². The van der Waals surface area contributed by atoms with Gasteiger partial charge in [-0.15, -0.1) is 0 Å². The molecular weight excluding hydrogens is 180 g/mol. The normalized spacial score (nSPS) is 36.5. The standard InChI is InChI=1S/C10H18N2O2/c13-6-7-2-1-3-8(7)12-10(14)9-4-5-11-9/h7-9,11,13H,1-6H2,(H,12,14)/t7?,8?,9-/m1/s1. The zero-order valence-corrected chi connectivity index (χ0v) is 8.33. The smallest absolute Gasteiger partial charge is 0.237 e. The Morgan fingerprint density at radius 2 is 2.21 bits per heavy atom. The van der Waals surface area contributed by atoms with E-state index >= 15 is 0 Å². The number of aliphatic hydroxyl groups is 1. The molecule has 80 valence electrons. The van der Waals surface area contributed by atoms with Crippen molar-refractivity contribution in [2.24, 2.45) is 5.92 Å². The number of hydrogen-bond acceptors (Lipinski definition) is 3. The molecule has 0 aromatic heterocycles. The number of nitrogens with one attached hydrogen (secondary N) is 2. The first-order valence-corrected chi connectivity index (χ1v) is 5.46. The molecule has 1 saturated carbocycles. The summed E-state index contributed by atoms with van der Waals surface area (Å²) in [5.41, 5.74) is 0. The summed E-state index contributed by atoms with van der Waals surface area (Å²) in [6.07, 6.45) is 4.12. The highest BCUT2D eigenvalue weighted by Crippen LogP contribution is 2.25. The quantitative estimate of drug-likeness (QED) is 0.579. The number of amides is 1.